The van der Waals surface area contributed by atoms with Crippen LogP contribution in [0, 0.1) is 5.92 Å². The Kier molecular flexibility index (Phi) is 2.83. The molecule has 2 rings (SSSR count). The SMILES string of the molecule is CC(C)C(N)C(=O)c1ccc2c(c1)OCO2. The molecule has 1 unspecified atom stereocenters. The molecule has 86 valence electrons. The first-order valence-electron chi connectivity index (χ1n) is 5.29. The van der Waals surface area contributed by atoms with E-state index in [0.29, 0.717) is 17.1 Å². The van der Waals surface area contributed by atoms with Crippen LogP contribution in [0.25, 0.3) is 0 Å². The number of fused-ring (bicyclic) bond motifs is 1. The van der Waals surface area contributed by atoms with E-state index in [-0.39, 0.29) is 18.5 Å². The van der Waals surface area contributed by atoms with E-state index in [9.17, 15) is 4.79 Å². The van der Waals surface area contributed by atoms with Crippen LogP contribution in [-0.4, -0.2) is 18.6 Å². The molecule has 0 radical (unpaired) electrons. The van der Waals surface area contributed by atoms with Gasteiger partial charge in [0.25, 0.3) is 0 Å². The number of carbonyl (C=O) groups excluding carboxylic acids is 1. The number of Topliss-reactive ketones (excluding diaryl/α,β-unsaturated/α-hetero) is 1. The van der Waals surface area contributed by atoms with Crippen LogP contribution in [0.4, 0.5) is 0 Å². The Bertz CT molecular complexity index is 415. The molecular formula is C12H15NO3. The van der Waals surface area contributed by atoms with Crippen molar-refractivity contribution in [3.63, 3.8) is 0 Å². The fraction of sp³-hybridized carbons (Fsp3) is 0.417. The average Bonchev–Trinajstić information content (AvgIpc) is 2.73. The lowest BCUT2D eigenvalue weighted by Gasteiger charge is -2.14. The van der Waals surface area contributed by atoms with Crippen LogP contribution in [-0.2, 0) is 0 Å². The molecule has 0 saturated carbocycles. The van der Waals surface area contributed by atoms with E-state index >= 15 is 0 Å². The number of carbonyl (C=O) groups is 1. The Morgan fingerprint density at radius 1 is 1.31 bits per heavy atom. The molecule has 1 aliphatic heterocycles. The van der Waals surface area contributed by atoms with Crippen molar-refractivity contribution in [1.29, 1.82) is 0 Å². The van der Waals surface area contributed by atoms with Gasteiger partial charge >= 0.3 is 0 Å². The second-order valence-electron chi connectivity index (χ2n) is 4.20. The van der Waals surface area contributed by atoms with E-state index in [1.807, 2.05) is 13.8 Å². The molecule has 0 aliphatic carbocycles. The van der Waals surface area contributed by atoms with Crippen molar-refractivity contribution >= 4 is 5.78 Å². The maximum Gasteiger partial charge on any atom is 0.231 e. The first-order valence-corrected chi connectivity index (χ1v) is 5.29. The molecule has 0 amide bonds. The fourth-order valence-corrected chi connectivity index (χ4v) is 1.55. The van der Waals surface area contributed by atoms with Crippen molar-refractivity contribution in [3.8, 4) is 11.5 Å². The van der Waals surface area contributed by atoms with Gasteiger partial charge < -0.3 is 15.2 Å². The third-order valence-corrected chi connectivity index (χ3v) is 2.68. The standard InChI is InChI=1S/C12H15NO3/c1-7(2)11(13)12(14)8-3-4-9-10(5-8)16-6-15-9/h3-5,7,11H,6,13H2,1-2H3. The van der Waals surface area contributed by atoms with Gasteiger partial charge in [0.15, 0.2) is 17.3 Å². The largest absolute Gasteiger partial charge is 0.454 e. The second-order valence-corrected chi connectivity index (χ2v) is 4.20. The van der Waals surface area contributed by atoms with E-state index in [1.54, 1.807) is 18.2 Å². The molecule has 0 bridgehead atoms. The Morgan fingerprint density at radius 3 is 2.69 bits per heavy atom. The monoisotopic (exact) mass is 221 g/mol. The summed E-state index contributed by atoms with van der Waals surface area (Å²) < 4.78 is 10.4. The van der Waals surface area contributed by atoms with Gasteiger partial charge in [-0.3, -0.25) is 4.79 Å². The Morgan fingerprint density at radius 2 is 2.00 bits per heavy atom. The number of ether oxygens (including phenoxy) is 2. The number of ketones is 1. The van der Waals surface area contributed by atoms with Crippen molar-refractivity contribution in [2.24, 2.45) is 11.7 Å². The minimum atomic E-state index is -0.472. The summed E-state index contributed by atoms with van der Waals surface area (Å²) in [6.07, 6.45) is 0. The normalized spacial score (nSPS) is 15.2. The van der Waals surface area contributed by atoms with Crippen molar-refractivity contribution in [3.05, 3.63) is 23.8 Å². The van der Waals surface area contributed by atoms with Gasteiger partial charge in [-0.2, -0.15) is 0 Å². The number of benzene rings is 1. The van der Waals surface area contributed by atoms with Gasteiger partial charge in [-0.1, -0.05) is 13.8 Å². The van der Waals surface area contributed by atoms with Crippen LogP contribution in [0.15, 0.2) is 18.2 Å². The van der Waals surface area contributed by atoms with Crippen LogP contribution in [0.1, 0.15) is 24.2 Å². The van der Waals surface area contributed by atoms with E-state index < -0.39 is 6.04 Å². The van der Waals surface area contributed by atoms with Gasteiger partial charge in [0.2, 0.25) is 6.79 Å². The molecule has 1 atom stereocenters. The summed E-state index contributed by atoms with van der Waals surface area (Å²) in [7, 11) is 0. The van der Waals surface area contributed by atoms with E-state index in [0.717, 1.165) is 0 Å². The van der Waals surface area contributed by atoms with Gasteiger partial charge in [0.1, 0.15) is 0 Å². The third kappa shape index (κ3) is 1.88. The zero-order chi connectivity index (χ0) is 11.7. The molecule has 16 heavy (non-hydrogen) atoms. The highest BCUT2D eigenvalue weighted by Gasteiger charge is 2.21. The highest BCUT2D eigenvalue weighted by Crippen LogP contribution is 2.32. The number of nitrogens with two attached hydrogens (primary N) is 1. The lowest BCUT2D eigenvalue weighted by molar-refractivity contribution is 0.0940. The zero-order valence-corrected chi connectivity index (χ0v) is 9.40. The summed E-state index contributed by atoms with van der Waals surface area (Å²) >= 11 is 0. The van der Waals surface area contributed by atoms with E-state index in [4.69, 9.17) is 15.2 Å². The van der Waals surface area contributed by atoms with Gasteiger partial charge in [-0.25, -0.2) is 0 Å². The fourth-order valence-electron chi connectivity index (χ4n) is 1.55. The van der Waals surface area contributed by atoms with Crippen molar-refractivity contribution in [2.75, 3.05) is 6.79 Å². The number of hydrogen-bond acceptors (Lipinski definition) is 4. The first-order chi connectivity index (χ1) is 7.59. The topological polar surface area (TPSA) is 61.6 Å². The first kappa shape index (κ1) is 11.0. The van der Waals surface area contributed by atoms with Crippen LogP contribution >= 0.6 is 0 Å². The van der Waals surface area contributed by atoms with Crippen LogP contribution < -0.4 is 15.2 Å². The van der Waals surface area contributed by atoms with Crippen LogP contribution in [0.3, 0.4) is 0 Å². The molecule has 1 aromatic carbocycles. The Balaban J connectivity index is 2.25. The molecule has 0 fully saturated rings. The molecule has 4 nitrogen and oxygen atoms in total. The molecule has 1 aromatic rings. The summed E-state index contributed by atoms with van der Waals surface area (Å²) in [5.74, 6) is 1.35. The summed E-state index contributed by atoms with van der Waals surface area (Å²) in [6.45, 7) is 4.06. The smallest absolute Gasteiger partial charge is 0.231 e. The summed E-state index contributed by atoms with van der Waals surface area (Å²) in [5, 5.41) is 0. The van der Waals surface area contributed by atoms with Gasteiger partial charge in [-0.15, -0.1) is 0 Å². The highest BCUT2D eigenvalue weighted by molar-refractivity contribution is 6.00. The molecule has 1 heterocycles. The second kappa shape index (κ2) is 4.14. The maximum absolute atomic E-state index is 12.0. The molecule has 0 aromatic heterocycles. The minimum absolute atomic E-state index is 0.0618. The molecule has 1 aliphatic rings. The van der Waals surface area contributed by atoms with E-state index in [2.05, 4.69) is 0 Å². The quantitative estimate of drug-likeness (QED) is 0.787. The Labute approximate surface area is 94.3 Å². The van der Waals surface area contributed by atoms with Gasteiger partial charge in [0.05, 0.1) is 6.04 Å². The molecule has 4 heteroatoms. The summed E-state index contributed by atoms with van der Waals surface area (Å²) in [4.78, 5) is 12.0. The Hall–Kier alpha value is -1.55. The molecule has 2 N–H and O–H groups in total. The maximum atomic E-state index is 12.0. The van der Waals surface area contributed by atoms with Crippen LogP contribution in [0.5, 0.6) is 11.5 Å². The van der Waals surface area contributed by atoms with E-state index in [1.165, 1.54) is 0 Å². The lowest BCUT2D eigenvalue weighted by atomic mass is 9.96. The summed E-state index contributed by atoms with van der Waals surface area (Å²) in [6, 6.07) is 4.67. The highest BCUT2D eigenvalue weighted by atomic mass is 16.7. The molecule has 0 spiro atoms. The van der Waals surface area contributed by atoms with Crippen LogP contribution in [0.2, 0.25) is 0 Å². The predicted octanol–water partition coefficient (Wildman–Crippen LogP) is 1.58. The third-order valence-electron chi connectivity index (χ3n) is 2.68. The zero-order valence-electron chi connectivity index (χ0n) is 9.40. The van der Waals surface area contributed by atoms with Gasteiger partial charge in [0, 0.05) is 5.56 Å². The van der Waals surface area contributed by atoms with Crippen molar-refractivity contribution in [1.82, 2.24) is 0 Å². The lowest BCUT2D eigenvalue weighted by Crippen LogP contribution is -2.35. The van der Waals surface area contributed by atoms with Crippen molar-refractivity contribution in [2.45, 2.75) is 19.9 Å². The number of hydrogen-bond donors (Lipinski definition) is 1. The average molecular weight is 221 g/mol. The predicted molar refractivity (Wildman–Crippen MR) is 59.7 cm³/mol. The number of rotatable bonds is 3. The summed E-state index contributed by atoms with van der Waals surface area (Å²) in [5.41, 5.74) is 6.39. The van der Waals surface area contributed by atoms with Gasteiger partial charge in [-0.05, 0) is 24.1 Å². The van der Waals surface area contributed by atoms with Crippen molar-refractivity contribution < 1.29 is 14.3 Å². The minimum Gasteiger partial charge on any atom is -0.454 e. The molecule has 0 saturated heterocycles. The molecular weight excluding hydrogens is 206 g/mol.